The highest BCUT2D eigenvalue weighted by Gasteiger charge is 2.19. The van der Waals surface area contributed by atoms with Crippen LogP contribution in [0.4, 0.5) is 0 Å². The number of hydrogen-bond acceptors (Lipinski definition) is 4. The summed E-state index contributed by atoms with van der Waals surface area (Å²) in [5.41, 5.74) is 0. The molecule has 0 aromatic carbocycles. The SMILES string of the molecule is CCN(CCCN(C)C)S(=O)(=O)CCNC(C)C. The van der Waals surface area contributed by atoms with Crippen molar-refractivity contribution in [3.63, 3.8) is 0 Å². The molecule has 0 saturated carbocycles. The van der Waals surface area contributed by atoms with Crippen molar-refractivity contribution >= 4 is 10.0 Å². The van der Waals surface area contributed by atoms with Crippen molar-refractivity contribution in [2.75, 3.05) is 46.0 Å². The molecule has 0 rings (SSSR count). The summed E-state index contributed by atoms with van der Waals surface area (Å²) in [5, 5.41) is 3.14. The first-order chi connectivity index (χ1) is 8.29. The molecular formula is C12H29N3O2S. The Morgan fingerprint density at radius 1 is 1.17 bits per heavy atom. The molecule has 6 heteroatoms. The van der Waals surface area contributed by atoms with Crippen molar-refractivity contribution in [3.8, 4) is 0 Å². The minimum absolute atomic E-state index is 0.182. The molecule has 0 aromatic rings. The maximum absolute atomic E-state index is 12.1. The predicted molar refractivity (Wildman–Crippen MR) is 77.3 cm³/mol. The predicted octanol–water partition coefficient (Wildman–Crippen LogP) is 0.588. The van der Waals surface area contributed by atoms with E-state index in [1.165, 1.54) is 0 Å². The lowest BCUT2D eigenvalue weighted by Crippen LogP contribution is -2.38. The lowest BCUT2D eigenvalue weighted by Gasteiger charge is -2.21. The smallest absolute Gasteiger partial charge is 0.215 e. The second-order valence-electron chi connectivity index (χ2n) is 5.07. The lowest BCUT2D eigenvalue weighted by molar-refractivity contribution is 0.356. The normalized spacial score (nSPS) is 12.9. The van der Waals surface area contributed by atoms with Gasteiger partial charge in [-0.2, -0.15) is 0 Å². The van der Waals surface area contributed by atoms with E-state index in [1.54, 1.807) is 4.31 Å². The Bertz CT molecular complexity index is 302. The van der Waals surface area contributed by atoms with Crippen molar-refractivity contribution < 1.29 is 8.42 Å². The molecule has 0 bridgehead atoms. The fourth-order valence-electron chi connectivity index (χ4n) is 1.66. The third-order valence-corrected chi connectivity index (χ3v) is 4.62. The van der Waals surface area contributed by atoms with Gasteiger partial charge in [-0.05, 0) is 27.1 Å². The van der Waals surface area contributed by atoms with E-state index in [9.17, 15) is 8.42 Å². The van der Waals surface area contributed by atoms with Crippen molar-refractivity contribution in [2.45, 2.75) is 33.2 Å². The Kier molecular flexibility index (Phi) is 8.77. The average molecular weight is 279 g/mol. The van der Waals surface area contributed by atoms with Crippen molar-refractivity contribution in [1.82, 2.24) is 14.5 Å². The first kappa shape index (κ1) is 17.8. The van der Waals surface area contributed by atoms with Crippen LogP contribution in [0.25, 0.3) is 0 Å². The molecule has 0 aromatic heterocycles. The molecule has 1 N–H and O–H groups in total. The Hall–Kier alpha value is -0.170. The van der Waals surface area contributed by atoms with Crippen LogP contribution in [0.1, 0.15) is 27.2 Å². The van der Waals surface area contributed by atoms with Gasteiger partial charge in [0.2, 0.25) is 10.0 Å². The molecular weight excluding hydrogens is 250 g/mol. The van der Waals surface area contributed by atoms with Crippen LogP contribution in [0.2, 0.25) is 0 Å². The Morgan fingerprint density at radius 3 is 2.22 bits per heavy atom. The molecule has 0 fully saturated rings. The summed E-state index contributed by atoms with van der Waals surface area (Å²) in [7, 11) is 0.881. The molecule has 0 spiro atoms. The van der Waals surface area contributed by atoms with Gasteiger partial charge in [-0.15, -0.1) is 0 Å². The monoisotopic (exact) mass is 279 g/mol. The van der Waals surface area contributed by atoms with Crippen LogP contribution in [0.15, 0.2) is 0 Å². The zero-order valence-electron chi connectivity index (χ0n) is 12.4. The molecule has 0 heterocycles. The van der Waals surface area contributed by atoms with Gasteiger partial charge in [0, 0.05) is 25.7 Å². The summed E-state index contributed by atoms with van der Waals surface area (Å²) in [6.07, 6.45) is 0.873. The van der Waals surface area contributed by atoms with Gasteiger partial charge in [0.05, 0.1) is 5.75 Å². The Labute approximate surface area is 113 Å². The van der Waals surface area contributed by atoms with Gasteiger partial charge in [0.25, 0.3) is 0 Å². The molecule has 0 saturated heterocycles. The molecule has 0 unspecified atom stereocenters. The third-order valence-electron chi connectivity index (χ3n) is 2.67. The van der Waals surface area contributed by atoms with E-state index in [-0.39, 0.29) is 5.75 Å². The van der Waals surface area contributed by atoms with Crippen molar-refractivity contribution in [3.05, 3.63) is 0 Å². The van der Waals surface area contributed by atoms with Crippen LogP contribution < -0.4 is 5.32 Å². The number of nitrogens with one attached hydrogen (secondary N) is 1. The average Bonchev–Trinajstić information content (AvgIpc) is 2.22. The molecule has 5 nitrogen and oxygen atoms in total. The van der Waals surface area contributed by atoms with E-state index in [0.717, 1.165) is 13.0 Å². The molecule has 0 aliphatic carbocycles. The summed E-state index contributed by atoms with van der Waals surface area (Å²) in [5.74, 6) is 0.182. The second-order valence-corrected chi connectivity index (χ2v) is 7.16. The van der Waals surface area contributed by atoms with Gasteiger partial charge in [-0.3, -0.25) is 0 Å². The minimum Gasteiger partial charge on any atom is -0.313 e. The van der Waals surface area contributed by atoms with E-state index in [4.69, 9.17) is 0 Å². The zero-order valence-corrected chi connectivity index (χ0v) is 13.3. The molecule has 110 valence electrons. The largest absolute Gasteiger partial charge is 0.313 e. The fraction of sp³-hybridized carbons (Fsp3) is 1.00. The van der Waals surface area contributed by atoms with Crippen molar-refractivity contribution in [1.29, 1.82) is 0 Å². The van der Waals surface area contributed by atoms with Crippen LogP contribution in [0.5, 0.6) is 0 Å². The quantitative estimate of drug-likeness (QED) is 0.636. The molecule has 0 aliphatic heterocycles. The highest BCUT2D eigenvalue weighted by Crippen LogP contribution is 2.02. The van der Waals surface area contributed by atoms with Crippen LogP contribution >= 0.6 is 0 Å². The third kappa shape index (κ3) is 8.02. The maximum atomic E-state index is 12.1. The standard InChI is InChI=1S/C12H29N3O2S/c1-6-15(10-7-9-14(4)5)18(16,17)11-8-13-12(2)3/h12-13H,6-11H2,1-5H3. The molecule has 18 heavy (non-hydrogen) atoms. The molecule has 0 amide bonds. The van der Waals surface area contributed by atoms with E-state index < -0.39 is 10.0 Å². The Balaban J connectivity index is 4.17. The van der Waals surface area contributed by atoms with Gasteiger partial charge >= 0.3 is 0 Å². The highest BCUT2D eigenvalue weighted by molar-refractivity contribution is 7.89. The van der Waals surface area contributed by atoms with E-state index in [1.807, 2.05) is 34.9 Å². The van der Waals surface area contributed by atoms with Gasteiger partial charge in [0.15, 0.2) is 0 Å². The summed E-state index contributed by atoms with van der Waals surface area (Å²) in [6.45, 7) is 8.52. The lowest BCUT2D eigenvalue weighted by atomic mass is 10.4. The summed E-state index contributed by atoms with van der Waals surface area (Å²) in [6, 6.07) is 0.323. The van der Waals surface area contributed by atoms with Crippen LogP contribution in [-0.4, -0.2) is 69.7 Å². The first-order valence-electron chi connectivity index (χ1n) is 6.65. The number of sulfonamides is 1. The summed E-state index contributed by atoms with van der Waals surface area (Å²) in [4.78, 5) is 2.07. The van der Waals surface area contributed by atoms with Crippen molar-refractivity contribution in [2.24, 2.45) is 0 Å². The van der Waals surface area contributed by atoms with Gasteiger partial charge in [-0.1, -0.05) is 20.8 Å². The topological polar surface area (TPSA) is 52.7 Å². The van der Waals surface area contributed by atoms with Gasteiger partial charge in [0.1, 0.15) is 0 Å². The Morgan fingerprint density at radius 2 is 1.78 bits per heavy atom. The number of rotatable bonds is 10. The van der Waals surface area contributed by atoms with E-state index >= 15 is 0 Å². The maximum Gasteiger partial charge on any atom is 0.215 e. The van der Waals surface area contributed by atoms with E-state index in [0.29, 0.717) is 25.7 Å². The molecule has 0 aliphatic rings. The molecule has 0 radical (unpaired) electrons. The van der Waals surface area contributed by atoms with E-state index in [2.05, 4.69) is 10.2 Å². The number of nitrogens with zero attached hydrogens (tertiary/aromatic N) is 2. The van der Waals surface area contributed by atoms with Crippen LogP contribution in [-0.2, 0) is 10.0 Å². The summed E-state index contributed by atoms with van der Waals surface area (Å²) < 4.78 is 25.8. The van der Waals surface area contributed by atoms with Crippen LogP contribution in [0, 0.1) is 0 Å². The van der Waals surface area contributed by atoms with Gasteiger partial charge in [-0.25, -0.2) is 12.7 Å². The van der Waals surface area contributed by atoms with Gasteiger partial charge < -0.3 is 10.2 Å². The summed E-state index contributed by atoms with van der Waals surface area (Å²) >= 11 is 0. The first-order valence-corrected chi connectivity index (χ1v) is 8.26. The minimum atomic E-state index is -3.11. The van der Waals surface area contributed by atoms with Crippen LogP contribution in [0.3, 0.4) is 0 Å². The highest BCUT2D eigenvalue weighted by atomic mass is 32.2. The molecule has 0 atom stereocenters. The zero-order chi connectivity index (χ0) is 14.2. The fourth-order valence-corrected chi connectivity index (χ4v) is 3.10. The second kappa shape index (κ2) is 8.85. The number of hydrogen-bond donors (Lipinski definition) is 1.